The SMILES string of the molecule is CCC[C@H](C)Nc1ncc2c(C3CCN(C(=O)c4cc(C)nc(C)c4)CC3)cn(CC3CCC(O)CC3)c2n1.S. The number of aryl methyl sites for hydroxylation is 2. The first-order valence-electron chi connectivity index (χ1n) is 14.9. The zero-order valence-electron chi connectivity index (χ0n) is 24.5. The van der Waals surface area contributed by atoms with Crippen molar-refractivity contribution >= 4 is 36.4 Å². The summed E-state index contributed by atoms with van der Waals surface area (Å²) < 4.78 is 2.34. The fourth-order valence-electron chi connectivity index (χ4n) is 6.49. The van der Waals surface area contributed by atoms with Crippen molar-refractivity contribution in [2.24, 2.45) is 5.92 Å². The van der Waals surface area contributed by atoms with Crippen molar-refractivity contribution in [3.63, 3.8) is 0 Å². The minimum absolute atomic E-state index is 0. The highest BCUT2D eigenvalue weighted by atomic mass is 32.1. The first kappa shape index (κ1) is 30.3. The molecule has 218 valence electrons. The molecule has 1 amide bonds. The number of amides is 1. The first-order valence-corrected chi connectivity index (χ1v) is 14.9. The number of carbonyl (C=O) groups excluding carboxylic acids is 1. The number of rotatable bonds is 8. The van der Waals surface area contributed by atoms with Gasteiger partial charge in [0.15, 0.2) is 0 Å². The molecule has 1 saturated carbocycles. The molecule has 1 aliphatic heterocycles. The Hall–Kier alpha value is -2.65. The van der Waals surface area contributed by atoms with Gasteiger partial charge in [0.2, 0.25) is 5.95 Å². The number of hydrogen-bond acceptors (Lipinski definition) is 6. The van der Waals surface area contributed by atoms with Gasteiger partial charge in [-0.15, -0.1) is 0 Å². The van der Waals surface area contributed by atoms with E-state index in [0.29, 0.717) is 23.8 Å². The molecule has 4 heterocycles. The van der Waals surface area contributed by atoms with Crippen LogP contribution in [0.5, 0.6) is 0 Å². The van der Waals surface area contributed by atoms with Crippen molar-refractivity contribution < 1.29 is 9.90 Å². The maximum absolute atomic E-state index is 13.2. The third kappa shape index (κ3) is 6.97. The van der Waals surface area contributed by atoms with E-state index in [0.717, 1.165) is 99.0 Å². The molecule has 1 atom stereocenters. The number of aliphatic hydroxyl groups is 1. The van der Waals surface area contributed by atoms with Gasteiger partial charge in [0.25, 0.3) is 5.91 Å². The van der Waals surface area contributed by atoms with Crippen LogP contribution in [0.4, 0.5) is 5.95 Å². The molecule has 0 aromatic carbocycles. The second kappa shape index (κ2) is 13.3. The molecule has 2 aliphatic rings. The average Bonchev–Trinajstić information content (AvgIpc) is 3.26. The quantitative estimate of drug-likeness (QED) is 0.362. The number of aliphatic hydroxyl groups excluding tert-OH is 1. The lowest BCUT2D eigenvalue weighted by Gasteiger charge is -2.32. The maximum Gasteiger partial charge on any atom is 0.253 e. The second-order valence-electron chi connectivity index (χ2n) is 11.9. The van der Waals surface area contributed by atoms with Crippen LogP contribution in [0.1, 0.15) is 98.4 Å². The first-order chi connectivity index (χ1) is 18.8. The fraction of sp³-hybridized carbons (Fsp3) is 0.613. The number of likely N-dealkylation sites (tertiary alicyclic amines) is 1. The molecule has 1 aliphatic carbocycles. The van der Waals surface area contributed by atoms with Gasteiger partial charge >= 0.3 is 0 Å². The minimum Gasteiger partial charge on any atom is -0.393 e. The van der Waals surface area contributed by atoms with E-state index in [4.69, 9.17) is 9.97 Å². The Morgan fingerprint density at radius 3 is 2.40 bits per heavy atom. The van der Waals surface area contributed by atoms with E-state index >= 15 is 0 Å². The topological polar surface area (TPSA) is 96.2 Å². The number of aromatic nitrogens is 4. The van der Waals surface area contributed by atoms with E-state index in [1.807, 2.05) is 37.1 Å². The van der Waals surface area contributed by atoms with Crippen molar-refractivity contribution in [2.75, 3.05) is 18.4 Å². The van der Waals surface area contributed by atoms with Crippen molar-refractivity contribution in [2.45, 2.75) is 104 Å². The summed E-state index contributed by atoms with van der Waals surface area (Å²) >= 11 is 0. The normalized spacial score (nSPS) is 20.8. The molecule has 0 radical (unpaired) electrons. The smallest absolute Gasteiger partial charge is 0.253 e. The summed E-state index contributed by atoms with van der Waals surface area (Å²) in [6, 6.07) is 4.11. The summed E-state index contributed by atoms with van der Waals surface area (Å²) in [5, 5.41) is 14.6. The Balaban J connectivity index is 0.00000370. The largest absolute Gasteiger partial charge is 0.393 e. The number of nitrogens with one attached hydrogen (secondary N) is 1. The molecule has 0 bridgehead atoms. The van der Waals surface area contributed by atoms with Crippen LogP contribution in [-0.2, 0) is 6.54 Å². The van der Waals surface area contributed by atoms with Gasteiger partial charge in [0.05, 0.1) is 6.10 Å². The summed E-state index contributed by atoms with van der Waals surface area (Å²) in [4.78, 5) is 29.4. The van der Waals surface area contributed by atoms with Crippen molar-refractivity contribution in [1.82, 2.24) is 24.4 Å². The Morgan fingerprint density at radius 2 is 1.75 bits per heavy atom. The van der Waals surface area contributed by atoms with E-state index < -0.39 is 0 Å². The third-order valence-corrected chi connectivity index (χ3v) is 8.57. The van der Waals surface area contributed by atoms with Gasteiger partial charge in [-0.05, 0) is 95.2 Å². The Labute approximate surface area is 245 Å². The molecular weight excluding hydrogens is 520 g/mol. The van der Waals surface area contributed by atoms with E-state index in [1.165, 1.54) is 5.56 Å². The van der Waals surface area contributed by atoms with Crippen LogP contribution in [0.15, 0.2) is 24.5 Å². The molecule has 1 saturated heterocycles. The summed E-state index contributed by atoms with van der Waals surface area (Å²) in [5.41, 5.74) is 4.80. The highest BCUT2D eigenvalue weighted by molar-refractivity contribution is 7.59. The van der Waals surface area contributed by atoms with E-state index in [2.05, 4.69) is 34.9 Å². The number of fused-ring (bicyclic) bond motifs is 1. The van der Waals surface area contributed by atoms with Gasteiger partial charge in [-0.2, -0.15) is 18.5 Å². The number of carbonyl (C=O) groups is 1. The molecule has 2 N–H and O–H groups in total. The zero-order chi connectivity index (χ0) is 27.5. The van der Waals surface area contributed by atoms with Gasteiger partial charge in [-0.1, -0.05) is 13.3 Å². The molecule has 2 fully saturated rings. The zero-order valence-corrected chi connectivity index (χ0v) is 25.5. The van der Waals surface area contributed by atoms with Crippen molar-refractivity contribution in [3.05, 3.63) is 47.0 Å². The predicted octanol–water partition coefficient (Wildman–Crippen LogP) is 5.73. The molecule has 0 unspecified atom stereocenters. The highest BCUT2D eigenvalue weighted by Gasteiger charge is 2.28. The molecule has 3 aromatic heterocycles. The van der Waals surface area contributed by atoms with Gasteiger partial charge in [-0.25, -0.2) is 4.98 Å². The van der Waals surface area contributed by atoms with Crippen molar-refractivity contribution in [1.29, 1.82) is 0 Å². The van der Waals surface area contributed by atoms with E-state index in [-0.39, 0.29) is 25.5 Å². The van der Waals surface area contributed by atoms with Gasteiger partial charge in [0, 0.05) is 60.4 Å². The Morgan fingerprint density at radius 1 is 1.07 bits per heavy atom. The second-order valence-corrected chi connectivity index (χ2v) is 11.9. The molecule has 8 nitrogen and oxygen atoms in total. The van der Waals surface area contributed by atoms with Crippen molar-refractivity contribution in [3.8, 4) is 0 Å². The predicted molar refractivity (Wildman–Crippen MR) is 165 cm³/mol. The van der Waals surface area contributed by atoms with Crippen LogP contribution in [0.25, 0.3) is 11.0 Å². The number of anilines is 1. The maximum atomic E-state index is 13.2. The minimum atomic E-state index is -0.149. The lowest BCUT2D eigenvalue weighted by molar-refractivity contribution is 0.0713. The van der Waals surface area contributed by atoms with E-state index in [1.54, 1.807) is 0 Å². The highest BCUT2D eigenvalue weighted by Crippen LogP contribution is 2.36. The van der Waals surface area contributed by atoms with Crippen LogP contribution >= 0.6 is 13.5 Å². The number of pyridine rings is 1. The fourth-order valence-corrected chi connectivity index (χ4v) is 6.49. The van der Waals surface area contributed by atoms with Crippen LogP contribution in [0.3, 0.4) is 0 Å². The van der Waals surface area contributed by atoms with Gasteiger partial charge < -0.3 is 19.9 Å². The molecule has 3 aromatic rings. The monoisotopic (exact) mass is 566 g/mol. The number of piperidine rings is 1. The van der Waals surface area contributed by atoms with Crippen LogP contribution in [-0.4, -0.2) is 60.7 Å². The lowest BCUT2D eigenvalue weighted by Crippen LogP contribution is -2.38. The van der Waals surface area contributed by atoms with Gasteiger partial charge in [0.1, 0.15) is 5.65 Å². The van der Waals surface area contributed by atoms with Crippen LogP contribution in [0, 0.1) is 19.8 Å². The molecular formula is C31H46N6O2S. The molecule has 0 spiro atoms. The standard InChI is InChI=1S/C31H44N6O2.H2S/c1-5-6-20(2)34-31-32-17-27-28(19-37(29(27)35-31)18-23-7-9-26(38)10-8-23)24-11-13-36(14-12-24)30(39)25-15-21(3)33-22(4)16-25;/h15-17,19-20,23-24,26,38H,5-14,18H2,1-4H3,(H,32,34,35);1H2/t20-,23?,26?;/m0./s1. The number of nitrogens with zero attached hydrogens (tertiary/aromatic N) is 5. The molecule has 5 rings (SSSR count). The third-order valence-electron chi connectivity index (χ3n) is 8.57. The summed E-state index contributed by atoms with van der Waals surface area (Å²) in [6.45, 7) is 10.7. The lowest BCUT2D eigenvalue weighted by atomic mass is 9.87. The van der Waals surface area contributed by atoms with Gasteiger partial charge in [-0.3, -0.25) is 9.78 Å². The Bertz CT molecular complexity index is 1270. The Kier molecular flexibility index (Phi) is 10.1. The van der Waals surface area contributed by atoms with E-state index in [9.17, 15) is 9.90 Å². The molecule has 40 heavy (non-hydrogen) atoms. The summed E-state index contributed by atoms with van der Waals surface area (Å²) in [6.07, 6.45) is 12.1. The molecule has 9 heteroatoms. The average molecular weight is 567 g/mol. The van der Waals surface area contributed by atoms with Crippen LogP contribution < -0.4 is 5.32 Å². The summed E-state index contributed by atoms with van der Waals surface area (Å²) in [7, 11) is 0. The van der Waals surface area contributed by atoms with Crippen LogP contribution in [0.2, 0.25) is 0 Å². The number of hydrogen-bond donors (Lipinski definition) is 2. The summed E-state index contributed by atoms with van der Waals surface area (Å²) in [5.74, 6) is 1.71.